The lowest BCUT2D eigenvalue weighted by Crippen LogP contribution is -2.24. The van der Waals surface area contributed by atoms with E-state index in [1.165, 1.54) is 12.4 Å². The standard InChI is InChI=1S/C18H17FN4O/c19-17-4-2-1-3-16(17)9-18(24)21-10-14-5-7-15(8-6-14)11-23-13-20-12-22-23/h1-8,12-13H,9-11H2,(H,21,24). The zero-order valence-corrected chi connectivity index (χ0v) is 13.0. The summed E-state index contributed by atoms with van der Waals surface area (Å²) in [7, 11) is 0. The topological polar surface area (TPSA) is 59.8 Å². The average Bonchev–Trinajstić information content (AvgIpc) is 3.09. The Morgan fingerprint density at radius 2 is 1.83 bits per heavy atom. The molecule has 6 heteroatoms. The number of hydrogen-bond acceptors (Lipinski definition) is 3. The minimum Gasteiger partial charge on any atom is -0.352 e. The second kappa shape index (κ2) is 7.50. The summed E-state index contributed by atoms with van der Waals surface area (Å²) in [6.45, 7) is 1.07. The Kier molecular flexibility index (Phi) is 4.96. The van der Waals surface area contributed by atoms with Crippen molar-refractivity contribution in [1.82, 2.24) is 20.1 Å². The van der Waals surface area contributed by atoms with Crippen LogP contribution in [0.2, 0.25) is 0 Å². The van der Waals surface area contributed by atoms with Crippen molar-refractivity contribution in [2.45, 2.75) is 19.5 Å². The molecule has 24 heavy (non-hydrogen) atoms. The molecule has 5 nitrogen and oxygen atoms in total. The third-order valence-corrected chi connectivity index (χ3v) is 3.63. The van der Waals surface area contributed by atoms with Crippen molar-refractivity contribution in [3.63, 3.8) is 0 Å². The van der Waals surface area contributed by atoms with Crippen molar-refractivity contribution in [2.24, 2.45) is 0 Å². The van der Waals surface area contributed by atoms with Gasteiger partial charge in [0.05, 0.1) is 13.0 Å². The first-order chi connectivity index (χ1) is 11.7. The molecule has 0 unspecified atom stereocenters. The highest BCUT2D eigenvalue weighted by Gasteiger charge is 2.07. The first-order valence-electron chi connectivity index (χ1n) is 7.61. The zero-order valence-electron chi connectivity index (χ0n) is 13.0. The van der Waals surface area contributed by atoms with Crippen LogP contribution in [0.1, 0.15) is 16.7 Å². The fraction of sp³-hybridized carbons (Fsp3) is 0.167. The molecule has 122 valence electrons. The van der Waals surface area contributed by atoms with Gasteiger partial charge in [0.2, 0.25) is 5.91 Å². The number of benzene rings is 2. The molecule has 0 saturated heterocycles. The number of amides is 1. The molecule has 0 spiro atoms. The second-order valence-electron chi connectivity index (χ2n) is 5.45. The number of rotatable bonds is 6. The summed E-state index contributed by atoms with van der Waals surface area (Å²) < 4.78 is 15.3. The predicted molar refractivity (Wildman–Crippen MR) is 87.5 cm³/mol. The van der Waals surface area contributed by atoms with Crippen molar-refractivity contribution < 1.29 is 9.18 Å². The Balaban J connectivity index is 1.51. The fourth-order valence-corrected chi connectivity index (χ4v) is 2.34. The molecule has 0 aliphatic carbocycles. The molecule has 1 heterocycles. The molecule has 1 N–H and O–H groups in total. The van der Waals surface area contributed by atoms with Crippen LogP contribution in [0.5, 0.6) is 0 Å². The Labute approximate surface area is 139 Å². The van der Waals surface area contributed by atoms with E-state index >= 15 is 0 Å². The molecule has 3 aromatic rings. The predicted octanol–water partition coefficient (Wildman–Crippen LogP) is 2.32. The summed E-state index contributed by atoms with van der Waals surface area (Å²) >= 11 is 0. The number of nitrogens with zero attached hydrogens (tertiary/aromatic N) is 3. The van der Waals surface area contributed by atoms with Crippen molar-refractivity contribution in [1.29, 1.82) is 0 Å². The molecule has 0 radical (unpaired) electrons. The molecule has 0 atom stereocenters. The summed E-state index contributed by atoms with van der Waals surface area (Å²) in [5.74, 6) is -0.558. The monoisotopic (exact) mass is 324 g/mol. The van der Waals surface area contributed by atoms with Gasteiger partial charge in [-0.25, -0.2) is 14.1 Å². The van der Waals surface area contributed by atoms with Gasteiger partial charge in [0.1, 0.15) is 18.5 Å². The maximum atomic E-state index is 13.5. The van der Waals surface area contributed by atoms with E-state index in [0.717, 1.165) is 11.1 Å². The lowest BCUT2D eigenvalue weighted by Gasteiger charge is -2.07. The Morgan fingerprint density at radius 3 is 2.54 bits per heavy atom. The Bertz CT molecular complexity index is 800. The average molecular weight is 324 g/mol. The smallest absolute Gasteiger partial charge is 0.224 e. The van der Waals surface area contributed by atoms with Gasteiger partial charge in [-0.3, -0.25) is 4.79 Å². The van der Waals surface area contributed by atoms with Crippen LogP contribution in [0.15, 0.2) is 61.2 Å². The van der Waals surface area contributed by atoms with Crippen LogP contribution in [0.3, 0.4) is 0 Å². The number of hydrogen-bond donors (Lipinski definition) is 1. The van der Waals surface area contributed by atoms with Crippen molar-refractivity contribution in [3.8, 4) is 0 Å². The van der Waals surface area contributed by atoms with Crippen molar-refractivity contribution >= 4 is 5.91 Å². The lowest BCUT2D eigenvalue weighted by atomic mass is 10.1. The van der Waals surface area contributed by atoms with E-state index < -0.39 is 0 Å². The van der Waals surface area contributed by atoms with Crippen LogP contribution in [0.25, 0.3) is 0 Å². The molecular formula is C18H17FN4O. The van der Waals surface area contributed by atoms with E-state index in [0.29, 0.717) is 18.7 Å². The van der Waals surface area contributed by atoms with Gasteiger partial charge in [-0.1, -0.05) is 42.5 Å². The third-order valence-electron chi connectivity index (χ3n) is 3.63. The minimum absolute atomic E-state index is 0.0387. The van der Waals surface area contributed by atoms with Gasteiger partial charge in [-0.15, -0.1) is 0 Å². The van der Waals surface area contributed by atoms with Gasteiger partial charge in [0, 0.05) is 6.54 Å². The van der Waals surface area contributed by atoms with Crippen LogP contribution in [-0.2, 0) is 24.3 Å². The van der Waals surface area contributed by atoms with Crippen LogP contribution >= 0.6 is 0 Å². The summed E-state index contributed by atoms with van der Waals surface area (Å²) in [5.41, 5.74) is 2.49. The second-order valence-corrected chi connectivity index (χ2v) is 5.45. The van der Waals surface area contributed by atoms with Gasteiger partial charge in [0.15, 0.2) is 0 Å². The van der Waals surface area contributed by atoms with Crippen LogP contribution in [0.4, 0.5) is 4.39 Å². The molecule has 0 bridgehead atoms. The Morgan fingerprint density at radius 1 is 1.08 bits per heavy atom. The highest BCUT2D eigenvalue weighted by Crippen LogP contribution is 2.08. The molecule has 0 aliphatic heterocycles. The normalized spacial score (nSPS) is 10.5. The molecule has 1 aromatic heterocycles. The zero-order chi connectivity index (χ0) is 16.8. The fourth-order valence-electron chi connectivity index (χ4n) is 2.34. The summed E-state index contributed by atoms with van der Waals surface area (Å²) in [4.78, 5) is 15.8. The van der Waals surface area contributed by atoms with Crippen LogP contribution in [0, 0.1) is 5.82 Å². The molecule has 0 fully saturated rings. The van der Waals surface area contributed by atoms with E-state index in [9.17, 15) is 9.18 Å². The van der Waals surface area contributed by atoms with Gasteiger partial charge in [-0.2, -0.15) is 5.10 Å². The first-order valence-corrected chi connectivity index (χ1v) is 7.61. The lowest BCUT2D eigenvalue weighted by molar-refractivity contribution is -0.120. The minimum atomic E-state index is -0.356. The molecule has 0 aliphatic rings. The van der Waals surface area contributed by atoms with Gasteiger partial charge in [-0.05, 0) is 22.8 Å². The molecule has 1 amide bonds. The van der Waals surface area contributed by atoms with Crippen LogP contribution in [-0.4, -0.2) is 20.7 Å². The third kappa shape index (κ3) is 4.25. The quantitative estimate of drug-likeness (QED) is 0.757. The molecule has 3 rings (SSSR count). The van der Waals surface area contributed by atoms with Crippen molar-refractivity contribution in [2.75, 3.05) is 0 Å². The number of aromatic nitrogens is 3. The van der Waals surface area contributed by atoms with Crippen LogP contribution < -0.4 is 5.32 Å². The largest absolute Gasteiger partial charge is 0.352 e. The van der Waals surface area contributed by atoms with E-state index in [1.807, 2.05) is 24.3 Å². The summed E-state index contributed by atoms with van der Waals surface area (Å²) in [6, 6.07) is 14.2. The number of halogens is 1. The Hall–Kier alpha value is -3.02. The maximum absolute atomic E-state index is 13.5. The van der Waals surface area contributed by atoms with Gasteiger partial charge < -0.3 is 5.32 Å². The van der Waals surface area contributed by atoms with Gasteiger partial charge >= 0.3 is 0 Å². The summed E-state index contributed by atoms with van der Waals surface area (Å²) in [6.07, 6.45) is 3.20. The molecule has 0 saturated carbocycles. The van der Waals surface area contributed by atoms with Gasteiger partial charge in [0.25, 0.3) is 0 Å². The SMILES string of the molecule is O=C(Cc1ccccc1F)NCc1ccc(Cn2cncn2)cc1. The summed E-state index contributed by atoms with van der Waals surface area (Å²) in [5, 5.41) is 6.86. The van der Waals surface area contributed by atoms with E-state index in [-0.39, 0.29) is 18.1 Å². The first kappa shape index (κ1) is 15.9. The van der Waals surface area contributed by atoms with Crippen molar-refractivity contribution in [3.05, 3.63) is 83.7 Å². The highest BCUT2D eigenvalue weighted by molar-refractivity contribution is 5.78. The molecular weight excluding hydrogens is 307 g/mol. The number of nitrogens with one attached hydrogen (secondary N) is 1. The maximum Gasteiger partial charge on any atom is 0.224 e. The number of carbonyl (C=O) groups is 1. The number of carbonyl (C=O) groups excluding carboxylic acids is 1. The molecule has 2 aromatic carbocycles. The van der Waals surface area contributed by atoms with E-state index in [2.05, 4.69) is 15.4 Å². The van der Waals surface area contributed by atoms with E-state index in [1.54, 1.807) is 29.2 Å². The highest BCUT2D eigenvalue weighted by atomic mass is 19.1. The van der Waals surface area contributed by atoms with E-state index in [4.69, 9.17) is 0 Å².